The maximum absolute atomic E-state index is 12.5. The first kappa shape index (κ1) is 47.6. The first-order valence-corrected chi connectivity index (χ1v) is 22.6. The Bertz CT molecular complexity index is 1070. The summed E-state index contributed by atoms with van der Waals surface area (Å²) in [6, 6.07) is 4.84. The number of phenolic OH excluding ortho intramolecular Hbond substituents is 1. The van der Waals surface area contributed by atoms with Crippen LogP contribution in [0.1, 0.15) is 211 Å². The van der Waals surface area contributed by atoms with E-state index in [1.54, 1.807) is 18.2 Å². The molecular formula is C47H80O7. The van der Waals surface area contributed by atoms with E-state index in [1.165, 1.54) is 193 Å². The number of rotatable bonds is 5. The molecule has 1 atom stereocenters. The lowest BCUT2D eigenvalue weighted by molar-refractivity contribution is -0.153. The van der Waals surface area contributed by atoms with E-state index in [0.717, 1.165) is 25.7 Å². The van der Waals surface area contributed by atoms with Crippen LogP contribution < -0.4 is 4.74 Å². The first-order valence-electron chi connectivity index (χ1n) is 22.6. The van der Waals surface area contributed by atoms with E-state index in [0.29, 0.717) is 24.3 Å². The van der Waals surface area contributed by atoms with Gasteiger partial charge in [-0.2, -0.15) is 0 Å². The second-order valence-electron chi connectivity index (χ2n) is 15.8. The van der Waals surface area contributed by atoms with Crippen molar-refractivity contribution in [1.82, 2.24) is 0 Å². The standard InChI is InChI=1S/C47H80O7/c1-51-45-39-42(34-36-44(45)48)35-37-47(50)54-41-43-40-53-46(49)33-31-29-27-25-23-21-19-17-15-13-11-9-7-5-3-2-4-6-8-10-12-14-16-18-20-22-24-26-28-30-32-38-52-43/h34-37,39,43,48H,2-33,38,40-41H2,1H3/t43-/m0/s1. The zero-order valence-corrected chi connectivity index (χ0v) is 34.6. The van der Waals surface area contributed by atoms with Gasteiger partial charge in [-0.15, -0.1) is 0 Å². The van der Waals surface area contributed by atoms with Crippen molar-refractivity contribution in [2.45, 2.75) is 212 Å². The van der Waals surface area contributed by atoms with Crippen molar-refractivity contribution < 1.29 is 33.6 Å². The lowest BCUT2D eigenvalue weighted by Crippen LogP contribution is -2.28. The number of aromatic hydroxyl groups is 1. The van der Waals surface area contributed by atoms with Crippen LogP contribution in [-0.2, 0) is 23.8 Å². The molecule has 0 aliphatic carbocycles. The van der Waals surface area contributed by atoms with Crippen molar-refractivity contribution in [3.05, 3.63) is 29.8 Å². The van der Waals surface area contributed by atoms with E-state index in [1.807, 2.05) is 0 Å². The van der Waals surface area contributed by atoms with Crippen LogP contribution in [0, 0.1) is 0 Å². The minimum absolute atomic E-state index is 0.00928. The van der Waals surface area contributed by atoms with Crippen LogP contribution in [0.25, 0.3) is 6.08 Å². The highest BCUT2D eigenvalue weighted by molar-refractivity contribution is 5.87. The van der Waals surface area contributed by atoms with Crippen LogP contribution in [0.5, 0.6) is 11.5 Å². The SMILES string of the molecule is COc1cc(C=CC(=O)OC[C@@H]2COC(=O)CCCCCCCCCCCCCCCCCCCCCCCCCCCCCCCCCO2)ccc1O. The summed E-state index contributed by atoms with van der Waals surface area (Å²) in [6.45, 7) is 0.628. The summed E-state index contributed by atoms with van der Waals surface area (Å²) in [4.78, 5) is 25.1. The highest BCUT2D eigenvalue weighted by Gasteiger charge is 2.15. The molecule has 1 fully saturated rings. The Balaban J connectivity index is 1.72. The molecule has 0 radical (unpaired) electrons. The van der Waals surface area contributed by atoms with Crippen molar-refractivity contribution in [3.63, 3.8) is 0 Å². The molecule has 1 N–H and O–H groups in total. The van der Waals surface area contributed by atoms with Crippen molar-refractivity contribution in [3.8, 4) is 11.5 Å². The zero-order valence-electron chi connectivity index (χ0n) is 34.6. The number of ether oxygens (including phenoxy) is 4. The van der Waals surface area contributed by atoms with E-state index in [4.69, 9.17) is 18.9 Å². The van der Waals surface area contributed by atoms with Gasteiger partial charge in [0.15, 0.2) is 11.5 Å². The predicted molar refractivity (Wildman–Crippen MR) is 223 cm³/mol. The van der Waals surface area contributed by atoms with Crippen molar-refractivity contribution >= 4 is 18.0 Å². The Morgan fingerprint density at radius 3 is 1.48 bits per heavy atom. The zero-order chi connectivity index (χ0) is 38.6. The molecule has 1 aliphatic heterocycles. The van der Waals surface area contributed by atoms with Crippen LogP contribution >= 0.6 is 0 Å². The third-order valence-electron chi connectivity index (χ3n) is 10.8. The van der Waals surface area contributed by atoms with Crippen molar-refractivity contribution in [2.75, 3.05) is 26.9 Å². The molecule has 0 amide bonds. The maximum atomic E-state index is 12.5. The summed E-state index contributed by atoms with van der Waals surface area (Å²) in [5, 5.41) is 9.81. The number of cyclic esters (lactones) is 1. The number of hydrogen-bond donors (Lipinski definition) is 1. The number of phenols is 1. The van der Waals surface area contributed by atoms with Gasteiger partial charge in [0.1, 0.15) is 19.3 Å². The molecule has 1 aliphatic rings. The number of carbonyl (C=O) groups excluding carboxylic acids is 2. The molecule has 0 saturated carbocycles. The van der Waals surface area contributed by atoms with Crippen molar-refractivity contribution in [2.24, 2.45) is 0 Å². The number of methoxy groups -OCH3 is 1. The van der Waals surface area contributed by atoms with Crippen LogP contribution in [0.15, 0.2) is 24.3 Å². The topological polar surface area (TPSA) is 91.3 Å². The van der Waals surface area contributed by atoms with Crippen LogP contribution in [0.2, 0.25) is 0 Å². The van der Waals surface area contributed by atoms with E-state index < -0.39 is 12.1 Å². The summed E-state index contributed by atoms with van der Waals surface area (Å²) >= 11 is 0. The monoisotopic (exact) mass is 757 g/mol. The van der Waals surface area contributed by atoms with Gasteiger partial charge in [-0.25, -0.2) is 4.79 Å². The van der Waals surface area contributed by atoms with Gasteiger partial charge in [-0.05, 0) is 36.6 Å². The van der Waals surface area contributed by atoms with Gasteiger partial charge >= 0.3 is 11.9 Å². The highest BCUT2D eigenvalue weighted by atomic mass is 16.6. The Kier molecular flexibility index (Phi) is 30.8. The molecule has 0 aromatic heterocycles. The minimum Gasteiger partial charge on any atom is -0.504 e. The summed E-state index contributed by atoms with van der Waals surface area (Å²) in [5.74, 6) is -0.370. The normalized spacial score (nSPS) is 21.6. The lowest BCUT2D eigenvalue weighted by atomic mass is 10.0. The first-order chi connectivity index (χ1) is 26.6. The van der Waals surface area contributed by atoms with Crippen LogP contribution in [0.3, 0.4) is 0 Å². The molecule has 0 spiro atoms. The van der Waals surface area contributed by atoms with E-state index in [2.05, 4.69) is 0 Å². The summed E-state index contributed by atoms with van der Waals surface area (Å²) in [5.41, 5.74) is 0.696. The Morgan fingerprint density at radius 1 is 0.648 bits per heavy atom. The van der Waals surface area contributed by atoms with Gasteiger partial charge in [0.05, 0.1) is 7.11 Å². The summed E-state index contributed by atoms with van der Waals surface area (Å²) < 4.78 is 22.3. The minimum atomic E-state index is -0.515. The smallest absolute Gasteiger partial charge is 0.330 e. The summed E-state index contributed by atoms with van der Waals surface area (Å²) in [7, 11) is 1.48. The molecule has 54 heavy (non-hydrogen) atoms. The average Bonchev–Trinajstić information content (AvgIpc) is 3.18. The van der Waals surface area contributed by atoms with E-state index in [-0.39, 0.29) is 24.9 Å². The largest absolute Gasteiger partial charge is 0.504 e. The lowest BCUT2D eigenvalue weighted by Gasteiger charge is -2.18. The Labute approximate surface area is 330 Å². The molecule has 1 aromatic rings. The van der Waals surface area contributed by atoms with Gasteiger partial charge in [0, 0.05) is 19.1 Å². The molecule has 310 valence electrons. The Morgan fingerprint density at radius 2 is 1.06 bits per heavy atom. The Hall–Kier alpha value is -2.54. The van der Waals surface area contributed by atoms with Gasteiger partial charge in [-0.3, -0.25) is 4.79 Å². The second-order valence-corrected chi connectivity index (χ2v) is 15.8. The third-order valence-corrected chi connectivity index (χ3v) is 10.8. The molecule has 2 rings (SSSR count). The molecule has 7 nitrogen and oxygen atoms in total. The van der Waals surface area contributed by atoms with Gasteiger partial charge in [0.25, 0.3) is 0 Å². The van der Waals surface area contributed by atoms with Crippen molar-refractivity contribution in [1.29, 1.82) is 0 Å². The third kappa shape index (κ3) is 28.0. The number of benzene rings is 1. The molecule has 1 saturated heterocycles. The highest BCUT2D eigenvalue weighted by Crippen LogP contribution is 2.27. The molecular weight excluding hydrogens is 677 g/mol. The van der Waals surface area contributed by atoms with Crippen LogP contribution in [-0.4, -0.2) is 50.1 Å². The molecule has 1 heterocycles. The fourth-order valence-corrected chi connectivity index (χ4v) is 7.34. The fourth-order valence-electron chi connectivity index (χ4n) is 7.34. The number of hydrogen-bond acceptors (Lipinski definition) is 7. The van der Waals surface area contributed by atoms with Crippen LogP contribution in [0.4, 0.5) is 0 Å². The molecule has 7 heteroatoms. The van der Waals surface area contributed by atoms with Gasteiger partial charge in [-0.1, -0.05) is 192 Å². The average molecular weight is 757 g/mol. The predicted octanol–water partition coefficient (Wildman–Crippen LogP) is 13.4. The maximum Gasteiger partial charge on any atom is 0.330 e. The van der Waals surface area contributed by atoms with E-state index >= 15 is 0 Å². The summed E-state index contributed by atoms with van der Waals surface area (Å²) in [6.07, 6.45) is 43.7. The quantitative estimate of drug-likeness (QED) is 0.236. The fraction of sp³-hybridized carbons (Fsp3) is 0.787. The molecule has 1 aromatic carbocycles. The van der Waals surface area contributed by atoms with E-state index in [9.17, 15) is 14.7 Å². The number of carbonyl (C=O) groups is 2. The molecule has 0 unspecified atom stereocenters. The molecule has 0 bridgehead atoms. The number of esters is 2. The van der Waals surface area contributed by atoms with Gasteiger partial charge < -0.3 is 24.1 Å². The second kappa shape index (κ2) is 34.9. The van der Waals surface area contributed by atoms with Gasteiger partial charge in [0.2, 0.25) is 0 Å².